The molecule has 11 rings (SSSR count). The van der Waals surface area contributed by atoms with Crippen molar-refractivity contribution in [3.8, 4) is 22.3 Å². The second kappa shape index (κ2) is 12.0. The van der Waals surface area contributed by atoms with Crippen molar-refractivity contribution in [2.45, 2.75) is 90.9 Å². The largest absolute Gasteiger partial charge is 0.456 e. The quantitative estimate of drug-likeness (QED) is 0.177. The Hall–Kier alpha value is -5.64. The first-order valence-electron chi connectivity index (χ1n) is 21.2. The van der Waals surface area contributed by atoms with Crippen LogP contribution in [0.1, 0.15) is 103 Å². The molecule has 0 fully saturated rings. The first-order valence-corrected chi connectivity index (χ1v) is 22.0. The molecule has 2 nitrogen and oxygen atoms in total. The van der Waals surface area contributed by atoms with E-state index in [4.69, 9.17) is 4.42 Å². The summed E-state index contributed by atoms with van der Waals surface area (Å²) < 4.78 is 9.37. The van der Waals surface area contributed by atoms with Crippen LogP contribution in [0, 0.1) is 0 Å². The van der Waals surface area contributed by atoms with Gasteiger partial charge in [-0.15, -0.1) is 11.3 Å². The lowest BCUT2D eigenvalue weighted by Crippen LogP contribution is -2.17. The van der Waals surface area contributed by atoms with Crippen LogP contribution in [-0.2, 0) is 21.7 Å². The molecule has 0 N–H and O–H groups in total. The van der Waals surface area contributed by atoms with Crippen molar-refractivity contribution in [3.63, 3.8) is 0 Å². The molecule has 0 spiro atoms. The SMILES string of the molecule is CC(C)(C)c1cc(C(C)(C)C)c2sc3c4c(ccc3c2c1)C(C)(C)c1cccc(N(c2ccc3c(c2)C(C)(C)c2ccccc2-3)c2cccc3oc5ccccc5c23)c1-4. The lowest BCUT2D eigenvalue weighted by Gasteiger charge is -2.31. The molecular formula is C56H51NOS. The topological polar surface area (TPSA) is 16.4 Å². The number of benzene rings is 7. The van der Waals surface area contributed by atoms with Gasteiger partial charge in [0.2, 0.25) is 0 Å². The number of thiophene rings is 1. The number of fused-ring (bicyclic) bond motifs is 13. The van der Waals surface area contributed by atoms with E-state index in [-0.39, 0.29) is 21.7 Å². The molecule has 59 heavy (non-hydrogen) atoms. The van der Waals surface area contributed by atoms with Gasteiger partial charge in [-0.3, -0.25) is 0 Å². The minimum atomic E-state index is -0.198. The number of para-hydroxylation sites is 1. The van der Waals surface area contributed by atoms with Gasteiger partial charge in [-0.2, -0.15) is 0 Å². The molecule has 9 aromatic rings. The summed E-state index contributed by atoms with van der Waals surface area (Å²) in [7, 11) is 0. The van der Waals surface area contributed by atoms with E-state index >= 15 is 0 Å². The zero-order chi connectivity index (χ0) is 41.0. The highest BCUT2D eigenvalue weighted by molar-refractivity contribution is 7.26. The fourth-order valence-corrected chi connectivity index (χ4v) is 12.1. The molecule has 3 heteroatoms. The molecule has 0 radical (unpaired) electrons. The number of rotatable bonds is 3. The summed E-state index contributed by atoms with van der Waals surface area (Å²) in [5.74, 6) is 0. The lowest BCUT2D eigenvalue weighted by atomic mass is 9.79. The molecule has 0 saturated carbocycles. The summed E-state index contributed by atoms with van der Waals surface area (Å²) in [4.78, 5) is 2.55. The standard InChI is InChI=1S/C56H51NOS/c1-53(2,3)32-29-38-36-27-28-41-50(52(36)59-51(38)43(30-32)54(4,5)6)49-40(56(41,9)10)20-15-21-45(49)57(44-22-16-24-47-48(44)37-18-12-14-23-46(37)58-47)33-25-26-35-34-17-11-13-19-39(34)55(7,8)42(35)31-33/h11-31H,1-10H3. The van der Waals surface area contributed by atoms with Crippen molar-refractivity contribution in [3.05, 3.63) is 161 Å². The summed E-state index contributed by atoms with van der Waals surface area (Å²) in [5.41, 5.74) is 18.6. The van der Waals surface area contributed by atoms with Crippen LogP contribution in [-0.4, -0.2) is 0 Å². The minimum Gasteiger partial charge on any atom is -0.456 e. The molecule has 2 aromatic heterocycles. The van der Waals surface area contributed by atoms with Crippen molar-refractivity contribution < 1.29 is 4.42 Å². The average Bonchev–Trinajstić information content (AvgIpc) is 3.90. The Kier molecular flexibility index (Phi) is 7.40. The van der Waals surface area contributed by atoms with Crippen molar-refractivity contribution in [2.75, 3.05) is 4.90 Å². The molecule has 0 aliphatic heterocycles. The molecule has 0 atom stereocenters. The van der Waals surface area contributed by atoms with Gasteiger partial charge >= 0.3 is 0 Å². The monoisotopic (exact) mass is 785 g/mol. The molecule has 2 heterocycles. The molecule has 0 saturated heterocycles. The minimum absolute atomic E-state index is 0.00422. The molecule has 0 unspecified atom stereocenters. The molecule has 0 bridgehead atoms. The van der Waals surface area contributed by atoms with Crippen LogP contribution in [0.15, 0.2) is 132 Å². The van der Waals surface area contributed by atoms with Gasteiger partial charge < -0.3 is 9.32 Å². The van der Waals surface area contributed by atoms with E-state index in [2.05, 4.69) is 202 Å². The van der Waals surface area contributed by atoms with Crippen molar-refractivity contribution >= 4 is 70.5 Å². The van der Waals surface area contributed by atoms with E-state index in [0.717, 1.165) is 33.3 Å². The summed E-state index contributed by atoms with van der Waals surface area (Å²) in [6.07, 6.45) is 0. The fourth-order valence-electron chi connectivity index (χ4n) is 10.5. The zero-order valence-electron chi connectivity index (χ0n) is 35.9. The van der Waals surface area contributed by atoms with Gasteiger partial charge in [-0.1, -0.05) is 154 Å². The maximum Gasteiger partial charge on any atom is 0.137 e. The Balaban J connectivity index is 1.25. The second-order valence-corrected chi connectivity index (χ2v) is 21.2. The molecule has 2 aliphatic carbocycles. The van der Waals surface area contributed by atoms with Gasteiger partial charge in [0.25, 0.3) is 0 Å². The van der Waals surface area contributed by atoms with Crippen LogP contribution < -0.4 is 4.90 Å². The van der Waals surface area contributed by atoms with E-state index in [0.29, 0.717) is 0 Å². The lowest BCUT2D eigenvalue weighted by molar-refractivity contribution is 0.573. The van der Waals surface area contributed by atoms with E-state index in [1.54, 1.807) is 0 Å². The third kappa shape index (κ3) is 5.04. The summed E-state index contributed by atoms with van der Waals surface area (Å²) in [5, 5.41) is 4.98. The summed E-state index contributed by atoms with van der Waals surface area (Å²) in [6.45, 7) is 23.7. The first kappa shape index (κ1) is 36.4. The molecular weight excluding hydrogens is 735 g/mol. The predicted molar refractivity (Wildman–Crippen MR) is 254 cm³/mol. The summed E-state index contributed by atoms with van der Waals surface area (Å²) >= 11 is 2.00. The number of hydrogen-bond acceptors (Lipinski definition) is 3. The van der Waals surface area contributed by atoms with E-state index in [9.17, 15) is 0 Å². The van der Waals surface area contributed by atoms with Crippen LogP contribution in [0.4, 0.5) is 17.1 Å². The fraction of sp³-hybridized carbons (Fsp3) is 0.250. The van der Waals surface area contributed by atoms with Crippen molar-refractivity contribution in [1.82, 2.24) is 0 Å². The Morgan fingerprint density at radius 3 is 1.95 bits per heavy atom. The van der Waals surface area contributed by atoms with Crippen LogP contribution in [0.5, 0.6) is 0 Å². The Morgan fingerprint density at radius 2 is 1.15 bits per heavy atom. The molecule has 292 valence electrons. The maximum absolute atomic E-state index is 6.58. The number of furan rings is 1. The van der Waals surface area contributed by atoms with Crippen LogP contribution >= 0.6 is 11.3 Å². The van der Waals surface area contributed by atoms with Gasteiger partial charge in [-0.05, 0) is 97.8 Å². The first-order chi connectivity index (χ1) is 28.0. The Bertz CT molecular complexity index is 3240. The molecule has 7 aromatic carbocycles. The normalized spacial score (nSPS) is 15.2. The van der Waals surface area contributed by atoms with Crippen molar-refractivity contribution in [2.24, 2.45) is 0 Å². The zero-order valence-corrected chi connectivity index (χ0v) is 36.7. The van der Waals surface area contributed by atoms with Crippen molar-refractivity contribution in [1.29, 1.82) is 0 Å². The number of anilines is 3. The highest BCUT2D eigenvalue weighted by atomic mass is 32.1. The third-order valence-electron chi connectivity index (χ3n) is 13.7. The highest BCUT2D eigenvalue weighted by Gasteiger charge is 2.41. The number of hydrogen-bond donors (Lipinski definition) is 0. The average molecular weight is 786 g/mol. The van der Waals surface area contributed by atoms with Crippen LogP contribution in [0.25, 0.3) is 64.4 Å². The van der Waals surface area contributed by atoms with Gasteiger partial charge in [-0.25, -0.2) is 0 Å². The van der Waals surface area contributed by atoms with Gasteiger partial charge in [0.1, 0.15) is 11.2 Å². The molecule has 2 aliphatic rings. The predicted octanol–water partition coefficient (Wildman–Crippen LogP) is 16.6. The molecule has 0 amide bonds. The van der Waals surface area contributed by atoms with E-state index in [1.165, 1.54) is 81.5 Å². The van der Waals surface area contributed by atoms with E-state index < -0.39 is 0 Å². The van der Waals surface area contributed by atoms with E-state index in [1.807, 2.05) is 11.3 Å². The summed E-state index contributed by atoms with van der Waals surface area (Å²) in [6, 6.07) is 48.1. The van der Waals surface area contributed by atoms with Crippen LogP contribution in [0.2, 0.25) is 0 Å². The Morgan fingerprint density at radius 1 is 0.492 bits per heavy atom. The maximum atomic E-state index is 6.58. The highest BCUT2D eigenvalue weighted by Crippen LogP contribution is 2.60. The number of nitrogens with zero attached hydrogens (tertiary/aromatic N) is 1. The Labute approximate surface area is 352 Å². The van der Waals surface area contributed by atoms with Gasteiger partial charge in [0, 0.05) is 53.2 Å². The van der Waals surface area contributed by atoms with Gasteiger partial charge in [0.15, 0.2) is 0 Å². The van der Waals surface area contributed by atoms with Gasteiger partial charge in [0.05, 0.1) is 16.8 Å². The third-order valence-corrected chi connectivity index (χ3v) is 15.0. The van der Waals surface area contributed by atoms with Crippen LogP contribution in [0.3, 0.4) is 0 Å². The smallest absolute Gasteiger partial charge is 0.137 e. The second-order valence-electron chi connectivity index (χ2n) is 20.2.